The number of aromatic nitrogens is 3. The van der Waals surface area contributed by atoms with Gasteiger partial charge in [0, 0.05) is 17.6 Å². The van der Waals surface area contributed by atoms with Crippen LogP contribution in [0.25, 0.3) is 5.65 Å². The molecule has 6 nitrogen and oxygen atoms in total. The highest BCUT2D eigenvalue weighted by Crippen LogP contribution is 2.17. The molecule has 23 heavy (non-hydrogen) atoms. The molecule has 0 unspecified atom stereocenters. The number of benzene rings is 1. The minimum Gasteiger partial charge on any atom is -0.480 e. The Morgan fingerprint density at radius 3 is 2.96 bits per heavy atom. The van der Waals surface area contributed by atoms with Gasteiger partial charge in [0.2, 0.25) is 5.88 Å². The van der Waals surface area contributed by atoms with E-state index in [1.54, 1.807) is 12.1 Å². The van der Waals surface area contributed by atoms with Crippen molar-refractivity contribution in [1.29, 1.82) is 0 Å². The van der Waals surface area contributed by atoms with Gasteiger partial charge in [-0.05, 0) is 23.8 Å². The highest BCUT2D eigenvalue weighted by atomic mass is 35.5. The molecule has 0 atom stereocenters. The maximum atomic E-state index is 13.0. The first-order chi connectivity index (χ1) is 11.1. The molecule has 2 heterocycles. The fourth-order valence-electron chi connectivity index (χ4n) is 2.01. The molecule has 0 aliphatic carbocycles. The standard InChI is InChI=1S/C15H12ClFN4O2/c1-23-14-5-4-13-19-12(8-21(13)20-14)15(22)18-7-9-2-3-10(17)6-11(9)16/h2-6,8H,7H2,1H3,(H,18,22). The number of fused-ring (bicyclic) bond motifs is 1. The first-order valence-electron chi connectivity index (χ1n) is 6.69. The first kappa shape index (κ1) is 15.2. The topological polar surface area (TPSA) is 68.5 Å². The van der Waals surface area contributed by atoms with Gasteiger partial charge < -0.3 is 10.1 Å². The van der Waals surface area contributed by atoms with E-state index >= 15 is 0 Å². The third-order valence-electron chi connectivity index (χ3n) is 3.19. The molecule has 0 fully saturated rings. The molecule has 3 rings (SSSR count). The van der Waals surface area contributed by atoms with Gasteiger partial charge in [-0.25, -0.2) is 13.9 Å². The lowest BCUT2D eigenvalue weighted by Crippen LogP contribution is -2.23. The third-order valence-corrected chi connectivity index (χ3v) is 3.54. The van der Waals surface area contributed by atoms with Crippen molar-refractivity contribution < 1.29 is 13.9 Å². The average Bonchev–Trinajstić information content (AvgIpc) is 2.96. The zero-order valence-electron chi connectivity index (χ0n) is 12.1. The number of hydrogen-bond acceptors (Lipinski definition) is 4. The molecular formula is C15H12ClFN4O2. The maximum absolute atomic E-state index is 13.0. The minimum atomic E-state index is -0.426. The van der Waals surface area contributed by atoms with Crippen molar-refractivity contribution in [2.45, 2.75) is 6.54 Å². The van der Waals surface area contributed by atoms with Crippen molar-refractivity contribution in [3.05, 3.63) is 58.6 Å². The number of imidazole rings is 1. The van der Waals surface area contributed by atoms with Crippen LogP contribution >= 0.6 is 11.6 Å². The highest BCUT2D eigenvalue weighted by molar-refractivity contribution is 6.31. The van der Waals surface area contributed by atoms with Gasteiger partial charge in [-0.2, -0.15) is 0 Å². The molecule has 0 aliphatic rings. The fraction of sp³-hybridized carbons (Fsp3) is 0.133. The van der Waals surface area contributed by atoms with Crippen molar-refractivity contribution in [2.75, 3.05) is 7.11 Å². The summed E-state index contributed by atoms with van der Waals surface area (Å²) in [7, 11) is 1.51. The monoisotopic (exact) mass is 334 g/mol. The molecule has 0 radical (unpaired) electrons. The SMILES string of the molecule is COc1ccc2nc(C(=O)NCc3ccc(F)cc3Cl)cn2n1. The second kappa shape index (κ2) is 6.21. The summed E-state index contributed by atoms with van der Waals surface area (Å²) in [5.74, 6) is -0.389. The Labute approximate surface area is 135 Å². The molecule has 8 heteroatoms. The Hall–Kier alpha value is -2.67. The second-order valence-electron chi connectivity index (χ2n) is 4.72. The van der Waals surface area contributed by atoms with Crippen LogP contribution in [0.15, 0.2) is 36.5 Å². The summed E-state index contributed by atoms with van der Waals surface area (Å²) < 4.78 is 19.5. The number of amides is 1. The van der Waals surface area contributed by atoms with Crippen LogP contribution in [0.1, 0.15) is 16.1 Å². The van der Waals surface area contributed by atoms with Gasteiger partial charge in [0.05, 0.1) is 13.3 Å². The predicted molar refractivity (Wildman–Crippen MR) is 82.1 cm³/mol. The van der Waals surface area contributed by atoms with Crippen LogP contribution in [0.2, 0.25) is 5.02 Å². The normalized spacial score (nSPS) is 10.7. The lowest BCUT2D eigenvalue weighted by Gasteiger charge is -2.05. The number of ether oxygens (including phenoxy) is 1. The smallest absolute Gasteiger partial charge is 0.271 e. The molecule has 1 amide bonds. The lowest BCUT2D eigenvalue weighted by molar-refractivity contribution is 0.0946. The Balaban J connectivity index is 1.75. The van der Waals surface area contributed by atoms with Crippen molar-refractivity contribution in [2.24, 2.45) is 0 Å². The van der Waals surface area contributed by atoms with Gasteiger partial charge in [-0.15, -0.1) is 5.10 Å². The zero-order chi connectivity index (χ0) is 16.4. The van der Waals surface area contributed by atoms with Crippen molar-refractivity contribution in [3.8, 4) is 5.88 Å². The minimum absolute atomic E-state index is 0.169. The average molecular weight is 335 g/mol. The van der Waals surface area contributed by atoms with E-state index in [0.29, 0.717) is 17.1 Å². The summed E-state index contributed by atoms with van der Waals surface area (Å²) in [6.07, 6.45) is 1.50. The number of carbonyl (C=O) groups is 1. The van der Waals surface area contributed by atoms with Crippen LogP contribution in [0.5, 0.6) is 5.88 Å². The summed E-state index contributed by atoms with van der Waals surface area (Å²) >= 11 is 5.92. The zero-order valence-corrected chi connectivity index (χ0v) is 12.8. The van der Waals surface area contributed by atoms with Crippen LogP contribution in [0.4, 0.5) is 4.39 Å². The van der Waals surface area contributed by atoms with Crippen molar-refractivity contribution in [3.63, 3.8) is 0 Å². The van der Waals surface area contributed by atoms with Gasteiger partial charge in [0.15, 0.2) is 5.65 Å². The summed E-state index contributed by atoms with van der Waals surface area (Å²) in [4.78, 5) is 16.3. The second-order valence-corrected chi connectivity index (χ2v) is 5.13. The van der Waals surface area contributed by atoms with Crippen LogP contribution in [0.3, 0.4) is 0 Å². The van der Waals surface area contributed by atoms with Crippen LogP contribution in [0, 0.1) is 5.82 Å². The van der Waals surface area contributed by atoms with E-state index in [4.69, 9.17) is 16.3 Å². The summed E-state index contributed by atoms with van der Waals surface area (Å²) in [6, 6.07) is 7.36. The van der Waals surface area contributed by atoms with Gasteiger partial charge >= 0.3 is 0 Å². The molecule has 118 valence electrons. The molecule has 0 saturated carbocycles. The number of nitrogens with one attached hydrogen (secondary N) is 1. The number of rotatable bonds is 4. The van der Waals surface area contributed by atoms with Gasteiger partial charge in [0.1, 0.15) is 11.5 Å². The Morgan fingerprint density at radius 1 is 1.39 bits per heavy atom. The Kier molecular flexibility index (Phi) is 4.12. The van der Waals surface area contributed by atoms with Crippen LogP contribution < -0.4 is 10.1 Å². The van der Waals surface area contributed by atoms with Crippen molar-refractivity contribution in [1.82, 2.24) is 19.9 Å². The van der Waals surface area contributed by atoms with Gasteiger partial charge in [-0.3, -0.25) is 4.79 Å². The van der Waals surface area contributed by atoms with E-state index in [9.17, 15) is 9.18 Å². The van der Waals surface area contributed by atoms with Crippen molar-refractivity contribution >= 4 is 23.2 Å². The number of hydrogen-bond donors (Lipinski definition) is 1. The molecule has 0 saturated heterocycles. The van der Waals surface area contributed by atoms with E-state index in [1.807, 2.05) is 0 Å². The first-order valence-corrected chi connectivity index (χ1v) is 7.07. The fourth-order valence-corrected chi connectivity index (χ4v) is 2.25. The largest absolute Gasteiger partial charge is 0.480 e. The summed E-state index contributed by atoms with van der Waals surface area (Å²) in [6.45, 7) is 0.169. The number of carbonyl (C=O) groups excluding carboxylic acids is 1. The Morgan fingerprint density at radius 2 is 2.22 bits per heavy atom. The Bertz CT molecular complexity index is 881. The third kappa shape index (κ3) is 3.24. The van der Waals surface area contributed by atoms with E-state index < -0.39 is 5.82 Å². The lowest BCUT2D eigenvalue weighted by atomic mass is 10.2. The van der Waals surface area contributed by atoms with Crippen LogP contribution in [-0.2, 0) is 6.54 Å². The highest BCUT2D eigenvalue weighted by Gasteiger charge is 2.12. The van der Waals surface area contributed by atoms with E-state index in [-0.39, 0.29) is 23.2 Å². The molecule has 1 N–H and O–H groups in total. The van der Waals surface area contributed by atoms with Gasteiger partial charge in [0.25, 0.3) is 5.91 Å². The molecule has 1 aromatic carbocycles. The predicted octanol–water partition coefficient (Wildman–Crippen LogP) is 2.46. The van der Waals surface area contributed by atoms with Gasteiger partial charge in [-0.1, -0.05) is 17.7 Å². The van der Waals surface area contributed by atoms with Crippen LogP contribution in [-0.4, -0.2) is 27.6 Å². The molecule has 0 spiro atoms. The summed E-state index contributed by atoms with van der Waals surface area (Å²) in [5, 5.41) is 7.07. The number of nitrogens with zero attached hydrogens (tertiary/aromatic N) is 3. The summed E-state index contributed by atoms with van der Waals surface area (Å²) in [5.41, 5.74) is 1.35. The quantitative estimate of drug-likeness (QED) is 0.795. The van der Waals surface area contributed by atoms with E-state index in [2.05, 4.69) is 15.4 Å². The molecule has 0 bridgehead atoms. The number of halogens is 2. The maximum Gasteiger partial charge on any atom is 0.271 e. The van der Waals surface area contributed by atoms with E-state index in [1.165, 1.54) is 36.0 Å². The number of methoxy groups -OCH3 is 1. The molecule has 3 aromatic rings. The molecule has 2 aromatic heterocycles. The molecule has 0 aliphatic heterocycles. The van der Waals surface area contributed by atoms with E-state index in [0.717, 1.165) is 0 Å². The molecular weight excluding hydrogens is 323 g/mol.